The molecule has 0 aromatic rings. The quantitative estimate of drug-likeness (QED) is 0.0454. The Morgan fingerprint density at radius 1 is 0.426 bits per heavy atom. The lowest BCUT2D eigenvalue weighted by Gasteiger charge is -2.44. The SMILES string of the molecule is C=C1CC[C@H](OCCCNC(=O)CCOCCOCCOCCOCCOCCOCCOCCOCCOCCOCCOCCOCCOCCOCCOCCOCCOCCOCCOCCOCCOCCOCCOCCOCCOCCC(=O)ON2C(=O)CCC2=O)C/C1=C/C=C1\CCC[C@]2(C)[C@@H]([C@H](C)CCCC(C)(C)O)CC[C@@H]12. The van der Waals surface area contributed by atoms with Gasteiger partial charge in [-0.1, -0.05) is 56.6 Å². The fourth-order valence-electron chi connectivity index (χ4n) is 13.9. The second-order valence-electron chi connectivity index (χ2n) is 30.6. The number of amides is 3. The molecule has 4 aliphatic rings. The van der Waals surface area contributed by atoms with E-state index >= 15 is 0 Å². The van der Waals surface area contributed by atoms with Crippen molar-refractivity contribution < 1.29 is 152 Å². The molecule has 0 aromatic heterocycles. The first-order valence-corrected chi connectivity index (χ1v) is 44.9. The number of allylic oxidation sites excluding steroid dienone is 4. The standard InChI is InChI=1S/C88H158N2O32/c1-76-11-14-80(75-79(76)13-12-78-10-7-22-88(5)81(15-16-82(78)88)77(2)9-6-21-87(3,4)95)121-24-8-23-89-83(91)19-25-96-27-29-98-31-33-100-35-37-102-39-41-104-43-45-106-47-49-108-51-53-110-55-57-112-59-61-114-63-65-116-67-69-118-71-73-120-74-72-119-70-68-117-66-64-115-62-60-113-58-56-111-54-52-109-50-48-107-46-44-105-42-40-103-38-36-101-34-32-99-30-28-97-26-20-86(94)122-90-84(92)17-18-85(90)93/h12-13,77,80-82,95H,1,6-11,14-75H2,2-5H3,(H,89,91)/b78-12+,79-13-/t77-,80+,81-,82+,88-/m1/s1. The van der Waals surface area contributed by atoms with Gasteiger partial charge in [-0.3, -0.25) is 14.4 Å². The number of hydrogen-bond acceptors (Lipinski definition) is 32. The number of nitrogens with one attached hydrogen (secondary N) is 1. The number of fused-ring (bicyclic) bond motifs is 1. The first-order chi connectivity index (χ1) is 59.8. The molecule has 4 fully saturated rings. The van der Waals surface area contributed by atoms with Crippen LogP contribution in [0.15, 0.2) is 35.5 Å². The molecule has 3 saturated carbocycles. The predicted octanol–water partition coefficient (Wildman–Crippen LogP) is 7.07. The summed E-state index contributed by atoms with van der Waals surface area (Å²) in [5, 5.41) is 13.8. The Bertz CT molecular complexity index is 2560. The van der Waals surface area contributed by atoms with Crippen molar-refractivity contribution in [1.29, 1.82) is 0 Å². The van der Waals surface area contributed by atoms with E-state index in [-0.39, 0.29) is 44.5 Å². The summed E-state index contributed by atoms with van der Waals surface area (Å²) in [6.07, 6.45) is 18.5. The van der Waals surface area contributed by atoms with Crippen molar-refractivity contribution in [3.05, 3.63) is 35.5 Å². The van der Waals surface area contributed by atoms with Gasteiger partial charge in [-0.05, 0) is 107 Å². The number of ether oxygens (including phenoxy) is 26. The van der Waals surface area contributed by atoms with Crippen molar-refractivity contribution >= 4 is 23.7 Å². The van der Waals surface area contributed by atoms with Gasteiger partial charge in [0.1, 0.15) is 0 Å². The molecular formula is C88H158N2O32. The zero-order valence-corrected chi connectivity index (χ0v) is 74.8. The predicted molar refractivity (Wildman–Crippen MR) is 451 cm³/mol. The Morgan fingerprint density at radius 2 is 0.738 bits per heavy atom. The Kier molecular flexibility index (Phi) is 70.9. The first kappa shape index (κ1) is 111. The molecule has 1 aliphatic heterocycles. The Morgan fingerprint density at radius 3 is 1.06 bits per heavy atom. The van der Waals surface area contributed by atoms with Gasteiger partial charge in [-0.25, -0.2) is 4.79 Å². The molecule has 1 heterocycles. The Labute approximate surface area is 727 Å². The minimum Gasteiger partial charge on any atom is -0.390 e. The van der Waals surface area contributed by atoms with Gasteiger partial charge in [0, 0.05) is 32.4 Å². The van der Waals surface area contributed by atoms with E-state index in [9.17, 15) is 24.3 Å². The summed E-state index contributed by atoms with van der Waals surface area (Å²) in [6, 6.07) is 0. The number of nitrogens with zero attached hydrogens (tertiary/aromatic N) is 1. The molecule has 4 rings (SSSR count). The van der Waals surface area contributed by atoms with Crippen LogP contribution in [0.25, 0.3) is 0 Å². The van der Waals surface area contributed by atoms with Crippen LogP contribution in [0.2, 0.25) is 0 Å². The number of imide groups is 1. The number of hydrogen-bond donors (Lipinski definition) is 2. The Hall–Kier alpha value is -3.78. The van der Waals surface area contributed by atoms with E-state index < -0.39 is 23.4 Å². The number of rotatable bonds is 90. The van der Waals surface area contributed by atoms with Gasteiger partial charge in [0.25, 0.3) is 11.8 Å². The van der Waals surface area contributed by atoms with Gasteiger partial charge in [0.2, 0.25) is 5.91 Å². The Balaban J connectivity index is 0.713. The fraction of sp³-hybridized carbons (Fsp3) is 0.886. The number of aliphatic hydroxyl groups is 1. The van der Waals surface area contributed by atoms with Gasteiger partial charge < -0.3 is 138 Å². The molecule has 712 valence electrons. The molecule has 122 heavy (non-hydrogen) atoms. The van der Waals surface area contributed by atoms with Crippen LogP contribution in [-0.2, 0) is 147 Å². The highest BCUT2D eigenvalue weighted by Crippen LogP contribution is 2.60. The van der Waals surface area contributed by atoms with Gasteiger partial charge in [-0.15, -0.1) is 5.06 Å². The van der Waals surface area contributed by atoms with Crippen LogP contribution in [0.5, 0.6) is 0 Å². The molecule has 0 radical (unpaired) electrons. The van der Waals surface area contributed by atoms with Crippen LogP contribution in [-0.4, -0.2) is 389 Å². The van der Waals surface area contributed by atoms with Crippen molar-refractivity contribution in [3.8, 4) is 0 Å². The lowest BCUT2D eigenvalue weighted by atomic mass is 9.60. The topological polar surface area (TPSA) is 353 Å². The fourth-order valence-corrected chi connectivity index (χ4v) is 13.9. The highest BCUT2D eigenvalue weighted by atomic mass is 16.7. The third-order valence-electron chi connectivity index (χ3n) is 20.4. The van der Waals surface area contributed by atoms with Crippen LogP contribution in [0.1, 0.15) is 130 Å². The lowest BCUT2D eigenvalue weighted by Crippen LogP contribution is -2.36. The molecule has 3 amide bonds. The average Bonchev–Trinajstić information content (AvgIpc) is 1.60. The number of hydroxylamine groups is 2. The lowest BCUT2D eigenvalue weighted by molar-refractivity contribution is -0.198. The molecule has 3 aliphatic carbocycles. The zero-order valence-electron chi connectivity index (χ0n) is 74.8. The van der Waals surface area contributed by atoms with Gasteiger partial charge in [0.15, 0.2) is 0 Å². The summed E-state index contributed by atoms with van der Waals surface area (Å²) in [5.41, 5.74) is 3.98. The third-order valence-corrected chi connectivity index (χ3v) is 20.4. The van der Waals surface area contributed by atoms with Crippen molar-refractivity contribution in [2.45, 2.75) is 142 Å². The van der Waals surface area contributed by atoms with Gasteiger partial charge in [-0.2, -0.15) is 0 Å². The minimum absolute atomic E-state index is 0.0259. The minimum atomic E-state index is -0.706. The van der Waals surface area contributed by atoms with Crippen molar-refractivity contribution in [3.63, 3.8) is 0 Å². The van der Waals surface area contributed by atoms with E-state index in [1.807, 2.05) is 13.8 Å². The molecule has 5 atom stereocenters. The van der Waals surface area contributed by atoms with E-state index in [0.717, 1.165) is 44.4 Å². The van der Waals surface area contributed by atoms with Crippen molar-refractivity contribution in [1.82, 2.24) is 10.4 Å². The molecule has 0 aromatic carbocycles. The summed E-state index contributed by atoms with van der Waals surface area (Å²) in [5.74, 6) is 0.332. The molecule has 0 spiro atoms. The number of carbonyl (C=O) groups excluding carboxylic acids is 4. The summed E-state index contributed by atoms with van der Waals surface area (Å²) in [6.45, 7) is 36.6. The second kappa shape index (κ2) is 78.3. The summed E-state index contributed by atoms with van der Waals surface area (Å²) in [4.78, 5) is 51.8. The average molecular weight is 1760 g/mol. The van der Waals surface area contributed by atoms with Crippen LogP contribution >= 0.6 is 0 Å². The normalized spacial score (nSPS) is 18.5. The number of carbonyl (C=O) groups is 4. The van der Waals surface area contributed by atoms with Crippen LogP contribution < -0.4 is 5.32 Å². The second-order valence-corrected chi connectivity index (χ2v) is 30.6. The van der Waals surface area contributed by atoms with E-state index in [2.05, 4.69) is 37.9 Å². The maximum Gasteiger partial charge on any atom is 0.335 e. The zero-order chi connectivity index (χ0) is 87.2. The third kappa shape index (κ3) is 61.6. The highest BCUT2D eigenvalue weighted by Gasteiger charge is 2.50. The maximum atomic E-state index is 12.4. The van der Waals surface area contributed by atoms with E-state index in [4.69, 9.17) is 128 Å². The monoisotopic (exact) mass is 1760 g/mol. The van der Waals surface area contributed by atoms with Crippen LogP contribution in [0, 0.1) is 23.2 Å². The van der Waals surface area contributed by atoms with Crippen molar-refractivity contribution in [2.75, 3.05) is 343 Å². The molecule has 34 nitrogen and oxygen atoms in total. The van der Waals surface area contributed by atoms with E-state index in [1.165, 1.54) is 49.7 Å². The summed E-state index contributed by atoms with van der Waals surface area (Å²) in [7, 11) is 0. The largest absolute Gasteiger partial charge is 0.390 e. The first-order valence-electron chi connectivity index (χ1n) is 44.9. The summed E-state index contributed by atoms with van der Waals surface area (Å²) >= 11 is 0. The van der Waals surface area contributed by atoms with E-state index in [0.29, 0.717) is 359 Å². The van der Waals surface area contributed by atoms with Crippen LogP contribution in [0.4, 0.5) is 0 Å². The van der Waals surface area contributed by atoms with E-state index in [1.54, 1.807) is 5.57 Å². The highest BCUT2D eigenvalue weighted by molar-refractivity contribution is 6.01. The molecule has 1 saturated heterocycles. The summed E-state index contributed by atoms with van der Waals surface area (Å²) < 4.78 is 145. The van der Waals surface area contributed by atoms with Gasteiger partial charge >= 0.3 is 5.97 Å². The molecular weight excluding hydrogens is 1600 g/mol. The molecule has 0 unspecified atom stereocenters. The van der Waals surface area contributed by atoms with Gasteiger partial charge in [0.05, 0.1) is 348 Å². The molecule has 34 heteroatoms. The smallest absolute Gasteiger partial charge is 0.335 e. The maximum absolute atomic E-state index is 12.4. The molecule has 0 bridgehead atoms. The van der Waals surface area contributed by atoms with Crippen LogP contribution in [0.3, 0.4) is 0 Å². The molecule has 2 N–H and O–H groups in total. The van der Waals surface area contributed by atoms with Crippen molar-refractivity contribution in [2.24, 2.45) is 23.2 Å².